The van der Waals surface area contributed by atoms with Crippen LogP contribution in [0.4, 0.5) is 5.69 Å². The summed E-state index contributed by atoms with van der Waals surface area (Å²) < 4.78 is 0. The van der Waals surface area contributed by atoms with Crippen molar-refractivity contribution in [3.05, 3.63) is 74.8 Å². The molecule has 0 aliphatic carbocycles. The minimum atomic E-state index is -0.503. The van der Waals surface area contributed by atoms with Crippen molar-refractivity contribution in [1.82, 2.24) is 0 Å². The van der Waals surface area contributed by atoms with Gasteiger partial charge in [0, 0.05) is 12.5 Å². The number of nitro benzene ring substituents is 1. The number of carbonyl (C=O) groups excluding carboxylic acids is 1. The number of hydrogen-bond donors (Lipinski definition) is 0. The number of nitrogens with zero attached hydrogens (tertiary/aromatic N) is 1. The Hall–Kier alpha value is -2.49. The molecule has 4 nitrogen and oxygen atoms in total. The highest BCUT2D eigenvalue weighted by molar-refractivity contribution is 6.02. The molecule has 0 saturated heterocycles. The monoisotopic (exact) mass is 269 g/mol. The van der Waals surface area contributed by atoms with Crippen LogP contribution in [-0.2, 0) is 6.42 Å². The van der Waals surface area contributed by atoms with Crippen LogP contribution in [0, 0.1) is 24.0 Å². The molecule has 0 radical (unpaired) electrons. The van der Waals surface area contributed by atoms with Crippen molar-refractivity contribution >= 4 is 11.5 Å². The molecule has 4 heteroatoms. The van der Waals surface area contributed by atoms with E-state index in [0.29, 0.717) is 5.56 Å². The summed E-state index contributed by atoms with van der Waals surface area (Å²) in [7, 11) is 0. The molecule has 20 heavy (non-hydrogen) atoms. The smallest absolute Gasteiger partial charge is 0.280 e. The van der Waals surface area contributed by atoms with Gasteiger partial charge in [-0.1, -0.05) is 42.0 Å². The van der Waals surface area contributed by atoms with E-state index in [0.717, 1.165) is 11.1 Å². The highest BCUT2D eigenvalue weighted by atomic mass is 16.6. The molecule has 0 amide bonds. The first kappa shape index (κ1) is 13.9. The van der Waals surface area contributed by atoms with Crippen molar-refractivity contribution in [2.45, 2.75) is 20.3 Å². The Morgan fingerprint density at radius 1 is 1.15 bits per heavy atom. The van der Waals surface area contributed by atoms with E-state index in [2.05, 4.69) is 0 Å². The van der Waals surface area contributed by atoms with Gasteiger partial charge in [0.05, 0.1) is 10.5 Å². The van der Waals surface area contributed by atoms with Gasteiger partial charge in [-0.3, -0.25) is 14.9 Å². The summed E-state index contributed by atoms with van der Waals surface area (Å²) in [5.41, 5.74) is 2.65. The summed E-state index contributed by atoms with van der Waals surface area (Å²) in [5, 5.41) is 11.0. The van der Waals surface area contributed by atoms with E-state index in [9.17, 15) is 14.9 Å². The van der Waals surface area contributed by atoms with Crippen molar-refractivity contribution in [3.8, 4) is 0 Å². The molecule has 0 aliphatic rings. The van der Waals surface area contributed by atoms with Gasteiger partial charge in [-0.05, 0) is 25.0 Å². The van der Waals surface area contributed by atoms with Crippen molar-refractivity contribution < 1.29 is 9.72 Å². The Balaban J connectivity index is 2.37. The molecule has 102 valence electrons. The Bertz CT molecular complexity index is 677. The van der Waals surface area contributed by atoms with Crippen LogP contribution in [-0.4, -0.2) is 10.7 Å². The summed E-state index contributed by atoms with van der Waals surface area (Å²) in [6, 6.07) is 12.3. The lowest BCUT2D eigenvalue weighted by Crippen LogP contribution is -2.09. The fraction of sp³-hybridized carbons (Fsp3) is 0.188. The van der Waals surface area contributed by atoms with Crippen molar-refractivity contribution in [1.29, 1.82) is 0 Å². The molecule has 0 atom stereocenters. The predicted octanol–water partition coefficient (Wildman–Crippen LogP) is 3.64. The molecule has 2 aromatic carbocycles. The van der Waals surface area contributed by atoms with Crippen molar-refractivity contribution in [3.63, 3.8) is 0 Å². The van der Waals surface area contributed by atoms with E-state index in [1.54, 1.807) is 19.1 Å². The largest absolute Gasteiger partial charge is 0.294 e. The van der Waals surface area contributed by atoms with Gasteiger partial charge in [-0.25, -0.2) is 0 Å². The van der Waals surface area contributed by atoms with E-state index in [-0.39, 0.29) is 23.5 Å². The maximum absolute atomic E-state index is 12.4. The third-order valence-electron chi connectivity index (χ3n) is 3.17. The van der Waals surface area contributed by atoms with Crippen molar-refractivity contribution in [2.24, 2.45) is 0 Å². The van der Waals surface area contributed by atoms with Crippen LogP contribution in [0.15, 0.2) is 42.5 Å². The summed E-state index contributed by atoms with van der Waals surface area (Å²) in [4.78, 5) is 22.9. The summed E-state index contributed by atoms with van der Waals surface area (Å²) in [6.07, 6.45) is 0.174. The number of ketones is 1. The molecule has 0 spiro atoms. The molecular formula is C16H15NO3. The van der Waals surface area contributed by atoms with Gasteiger partial charge in [0.25, 0.3) is 5.69 Å². The van der Waals surface area contributed by atoms with Crippen LogP contribution in [0.3, 0.4) is 0 Å². The second-order valence-electron chi connectivity index (χ2n) is 4.82. The molecule has 0 unspecified atom stereocenters. The number of hydrogen-bond acceptors (Lipinski definition) is 3. The number of aryl methyl sites for hydroxylation is 2. The maximum Gasteiger partial charge on any atom is 0.280 e. The Labute approximate surface area is 117 Å². The van der Waals surface area contributed by atoms with Gasteiger partial charge in [-0.2, -0.15) is 0 Å². The van der Waals surface area contributed by atoms with E-state index < -0.39 is 4.92 Å². The fourth-order valence-corrected chi connectivity index (χ4v) is 2.26. The average Bonchev–Trinajstić information content (AvgIpc) is 2.38. The van der Waals surface area contributed by atoms with Crippen LogP contribution >= 0.6 is 0 Å². The first-order chi connectivity index (χ1) is 9.49. The van der Waals surface area contributed by atoms with Crippen LogP contribution in [0.5, 0.6) is 0 Å². The normalized spacial score (nSPS) is 10.3. The lowest BCUT2D eigenvalue weighted by atomic mass is 9.97. The lowest BCUT2D eigenvalue weighted by Gasteiger charge is -2.06. The molecule has 0 N–H and O–H groups in total. The van der Waals surface area contributed by atoms with E-state index in [1.165, 1.54) is 6.07 Å². The number of nitro groups is 1. The van der Waals surface area contributed by atoms with E-state index in [4.69, 9.17) is 0 Å². The molecule has 0 fully saturated rings. The summed E-state index contributed by atoms with van der Waals surface area (Å²) in [5.74, 6) is -0.222. The molecule has 0 aromatic heterocycles. The first-order valence-corrected chi connectivity index (χ1v) is 6.32. The second-order valence-corrected chi connectivity index (χ2v) is 4.82. The third kappa shape index (κ3) is 2.91. The number of rotatable bonds is 4. The second kappa shape index (κ2) is 5.65. The average molecular weight is 269 g/mol. The Morgan fingerprint density at radius 3 is 2.50 bits per heavy atom. The zero-order chi connectivity index (χ0) is 14.7. The zero-order valence-electron chi connectivity index (χ0n) is 11.4. The van der Waals surface area contributed by atoms with Gasteiger partial charge in [0.1, 0.15) is 0 Å². The van der Waals surface area contributed by atoms with Gasteiger partial charge < -0.3 is 0 Å². The van der Waals surface area contributed by atoms with E-state index >= 15 is 0 Å². The van der Waals surface area contributed by atoms with Crippen molar-refractivity contribution in [2.75, 3.05) is 0 Å². The first-order valence-electron chi connectivity index (χ1n) is 6.32. The van der Waals surface area contributed by atoms with Gasteiger partial charge in [-0.15, -0.1) is 0 Å². The van der Waals surface area contributed by atoms with Gasteiger partial charge >= 0.3 is 0 Å². The molecule has 0 aliphatic heterocycles. The lowest BCUT2D eigenvalue weighted by molar-refractivity contribution is -0.385. The van der Waals surface area contributed by atoms with Crippen LogP contribution in [0.1, 0.15) is 27.0 Å². The number of carbonyl (C=O) groups is 1. The van der Waals surface area contributed by atoms with Crippen LogP contribution < -0.4 is 0 Å². The fourth-order valence-electron chi connectivity index (χ4n) is 2.26. The third-order valence-corrected chi connectivity index (χ3v) is 3.17. The quantitative estimate of drug-likeness (QED) is 0.483. The van der Waals surface area contributed by atoms with Crippen LogP contribution in [0.2, 0.25) is 0 Å². The zero-order valence-corrected chi connectivity index (χ0v) is 11.4. The number of benzene rings is 2. The molecule has 0 saturated carbocycles. The SMILES string of the molecule is Cc1cccc(CC(=O)c2c(C)cccc2[N+](=O)[O-])c1. The highest BCUT2D eigenvalue weighted by Gasteiger charge is 2.21. The maximum atomic E-state index is 12.4. The Morgan fingerprint density at radius 2 is 1.85 bits per heavy atom. The minimum Gasteiger partial charge on any atom is -0.294 e. The number of Topliss-reactive ketones (excluding diaryl/α,β-unsaturated/α-hetero) is 1. The molecule has 2 rings (SSSR count). The van der Waals surface area contributed by atoms with Crippen LogP contribution in [0.25, 0.3) is 0 Å². The molecule has 0 bridgehead atoms. The Kier molecular flexibility index (Phi) is 3.94. The molecule has 0 heterocycles. The summed E-state index contributed by atoms with van der Waals surface area (Å²) in [6.45, 7) is 3.67. The summed E-state index contributed by atoms with van der Waals surface area (Å²) >= 11 is 0. The van der Waals surface area contributed by atoms with Gasteiger partial charge in [0.15, 0.2) is 5.78 Å². The van der Waals surface area contributed by atoms with E-state index in [1.807, 2.05) is 31.2 Å². The van der Waals surface area contributed by atoms with Gasteiger partial charge in [0.2, 0.25) is 0 Å². The minimum absolute atomic E-state index is 0.123. The topological polar surface area (TPSA) is 60.2 Å². The molecular weight excluding hydrogens is 254 g/mol. The highest BCUT2D eigenvalue weighted by Crippen LogP contribution is 2.23. The predicted molar refractivity (Wildman–Crippen MR) is 77.0 cm³/mol. The standard InChI is InChI=1S/C16H15NO3/c1-11-5-3-7-13(9-11)10-15(18)16-12(2)6-4-8-14(16)17(19)20/h3-9H,10H2,1-2H3. The molecule has 2 aromatic rings.